The molecule has 1 aromatic heterocycles. The molecule has 5 heteroatoms. The van der Waals surface area contributed by atoms with Crippen LogP contribution in [0.2, 0.25) is 0 Å². The van der Waals surface area contributed by atoms with Gasteiger partial charge in [-0.15, -0.1) is 0 Å². The Bertz CT molecular complexity index is 910. The summed E-state index contributed by atoms with van der Waals surface area (Å²) in [4.78, 5) is 3.72. The molecule has 4 nitrogen and oxygen atoms in total. The van der Waals surface area contributed by atoms with Gasteiger partial charge in [-0.05, 0) is 30.3 Å². The number of rotatable bonds is 0. The minimum atomic E-state index is -3.48. The standard InChI is InChI=1S/C14H10N2O2S/c17-19(18)13-4-2-1-3-11(13)16-12-6-5-10-9(14(12)19)7-8-15-10/h1-8,15-16H. The third-order valence-electron chi connectivity index (χ3n) is 3.40. The molecule has 2 N–H and O–H groups in total. The van der Waals surface area contributed by atoms with Crippen molar-refractivity contribution in [2.75, 3.05) is 5.32 Å². The molecular weight excluding hydrogens is 260 g/mol. The summed E-state index contributed by atoms with van der Waals surface area (Å²) in [6.45, 7) is 0. The van der Waals surface area contributed by atoms with Crippen LogP contribution in [-0.4, -0.2) is 13.4 Å². The molecule has 1 aliphatic heterocycles. The second-order valence-electron chi connectivity index (χ2n) is 4.51. The van der Waals surface area contributed by atoms with Crippen molar-refractivity contribution in [2.45, 2.75) is 9.79 Å². The van der Waals surface area contributed by atoms with Crippen LogP contribution in [0.3, 0.4) is 0 Å². The minimum absolute atomic E-state index is 0.330. The predicted octanol–water partition coefficient (Wildman–Crippen LogP) is 3.06. The van der Waals surface area contributed by atoms with Crippen LogP contribution >= 0.6 is 0 Å². The summed E-state index contributed by atoms with van der Waals surface area (Å²) < 4.78 is 25.5. The van der Waals surface area contributed by atoms with Crippen LogP contribution < -0.4 is 5.32 Å². The van der Waals surface area contributed by atoms with Crippen LogP contribution in [0.1, 0.15) is 0 Å². The molecule has 1 aliphatic rings. The molecular formula is C14H10N2O2S. The number of sulfone groups is 1. The molecule has 0 saturated carbocycles. The van der Waals surface area contributed by atoms with Crippen LogP contribution in [0.15, 0.2) is 58.5 Å². The smallest absolute Gasteiger partial charge is 0.211 e. The maximum atomic E-state index is 12.8. The third-order valence-corrected chi connectivity index (χ3v) is 5.31. The number of benzene rings is 2. The number of fused-ring (bicyclic) bond motifs is 4. The Morgan fingerprint density at radius 3 is 2.63 bits per heavy atom. The molecule has 19 heavy (non-hydrogen) atoms. The van der Waals surface area contributed by atoms with E-state index in [0.717, 1.165) is 10.9 Å². The Kier molecular flexibility index (Phi) is 1.90. The Balaban J connectivity index is 2.17. The highest BCUT2D eigenvalue weighted by Gasteiger charge is 2.31. The maximum Gasteiger partial charge on any atom is 0.211 e. The highest BCUT2D eigenvalue weighted by atomic mass is 32.2. The molecule has 0 unspecified atom stereocenters. The van der Waals surface area contributed by atoms with E-state index < -0.39 is 9.84 Å². The van der Waals surface area contributed by atoms with E-state index in [9.17, 15) is 8.42 Å². The average molecular weight is 270 g/mol. The first-order chi connectivity index (χ1) is 9.18. The van der Waals surface area contributed by atoms with Crippen molar-refractivity contribution in [1.29, 1.82) is 0 Å². The van der Waals surface area contributed by atoms with Gasteiger partial charge < -0.3 is 10.3 Å². The van der Waals surface area contributed by atoms with E-state index in [-0.39, 0.29) is 0 Å². The summed E-state index contributed by atoms with van der Waals surface area (Å²) in [5.74, 6) is 0. The lowest BCUT2D eigenvalue weighted by atomic mass is 10.2. The van der Waals surface area contributed by atoms with Crippen LogP contribution in [0.4, 0.5) is 11.4 Å². The van der Waals surface area contributed by atoms with E-state index >= 15 is 0 Å². The van der Waals surface area contributed by atoms with Gasteiger partial charge in [-0.3, -0.25) is 0 Å². The predicted molar refractivity (Wildman–Crippen MR) is 73.5 cm³/mol. The first-order valence-corrected chi connectivity index (χ1v) is 7.37. The number of hydrogen-bond acceptors (Lipinski definition) is 3. The molecule has 0 radical (unpaired) electrons. The van der Waals surface area contributed by atoms with E-state index in [0.29, 0.717) is 21.2 Å². The van der Waals surface area contributed by atoms with Gasteiger partial charge in [0.2, 0.25) is 9.84 Å². The van der Waals surface area contributed by atoms with Gasteiger partial charge in [0.05, 0.1) is 16.3 Å². The van der Waals surface area contributed by atoms with Gasteiger partial charge in [0.1, 0.15) is 4.90 Å². The Hall–Kier alpha value is -2.27. The molecule has 94 valence electrons. The van der Waals surface area contributed by atoms with Gasteiger partial charge in [0.15, 0.2) is 0 Å². The van der Waals surface area contributed by atoms with Gasteiger partial charge in [-0.2, -0.15) is 0 Å². The highest BCUT2D eigenvalue weighted by molar-refractivity contribution is 7.92. The quantitative estimate of drug-likeness (QED) is 0.516. The summed E-state index contributed by atoms with van der Waals surface area (Å²) in [5.41, 5.74) is 2.08. The second kappa shape index (κ2) is 3.39. The normalized spacial score (nSPS) is 15.6. The third kappa shape index (κ3) is 1.30. The lowest BCUT2D eigenvalue weighted by Crippen LogP contribution is -2.13. The molecule has 0 aliphatic carbocycles. The monoisotopic (exact) mass is 270 g/mol. The van der Waals surface area contributed by atoms with Crippen molar-refractivity contribution in [2.24, 2.45) is 0 Å². The van der Waals surface area contributed by atoms with Crippen LogP contribution in [0, 0.1) is 0 Å². The fourth-order valence-electron chi connectivity index (χ4n) is 2.55. The van der Waals surface area contributed by atoms with E-state index in [1.807, 2.05) is 12.1 Å². The lowest BCUT2D eigenvalue weighted by Gasteiger charge is -2.21. The zero-order chi connectivity index (χ0) is 13.0. The van der Waals surface area contributed by atoms with Crippen molar-refractivity contribution < 1.29 is 8.42 Å². The SMILES string of the molecule is O=S1(=O)c2ccccc2Nc2ccc3[nH]ccc3c21. The topological polar surface area (TPSA) is 62.0 Å². The number of aromatic amines is 1. The Morgan fingerprint density at radius 1 is 0.895 bits per heavy atom. The van der Waals surface area contributed by atoms with Crippen molar-refractivity contribution in [3.8, 4) is 0 Å². The lowest BCUT2D eigenvalue weighted by molar-refractivity contribution is 0.596. The van der Waals surface area contributed by atoms with Crippen molar-refractivity contribution in [1.82, 2.24) is 4.98 Å². The largest absolute Gasteiger partial charge is 0.361 e. The molecule has 3 aromatic rings. The molecule has 0 amide bonds. The van der Waals surface area contributed by atoms with E-state index in [1.165, 1.54) is 0 Å². The van der Waals surface area contributed by atoms with Gasteiger partial charge in [-0.25, -0.2) is 8.42 Å². The fraction of sp³-hybridized carbons (Fsp3) is 0. The number of aromatic nitrogens is 1. The van der Waals surface area contributed by atoms with E-state index in [4.69, 9.17) is 0 Å². The zero-order valence-electron chi connectivity index (χ0n) is 9.84. The summed E-state index contributed by atoms with van der Waals surface area (Å²) >= 11 is 0. The molecule has 0 fully saturated rings. The summed E-state index contributed by atoms with van der Waals surface area (Å²) in [6, 6.07) is 12.4. The van der Waals surface area contributed by atoms with Crippen molar-refractivity contribution in [3.05, 3.63) is 48.7 Å². The van der Waals surface area contributed by atoms with Gasteiger partial charge >= 0.3 is 0 Å². The maximum absolute atomic E-state index is 12.8. The number of anilines is 2. The first kappa shape index (κ1) is 10.6. The van der Waals surface area contributed by atoms with Gasteiger partial charge in [-0.1, -0.05) is 12.1 Å². The van der Waals surface area contributed by atoms with Gasteiger partial charge in [0.25, 0.3) is 0 Å². The van der Waals surface area contributed by atoms with Crippen LogP contribution in [-0.2, 0) is 9.84 Å². The van der Waals surface area contributed by atoms with Gasteiger partial charge in [0, 0.05) is 17.1 Å². The fourth-order valence-corrected chi connectivity index (χ4v) is 4.32. The molecule has 2 aromatic carbocycles. The van der Waals surface area contributed by atoms with E-state index in [1.54, 1.807) is 36.5 Å². The summed E-state index contributed by atoms with van der Waals surface area (Å²) in [7, 11) is -3.48. The molecule has 0 bridgehead atoms. The number of hydrogen-bond donors (Lipinski definition) is 2. The second-order valence-corrected chi connectivity index (χ2v) is 6.36. The van der Waals surface area contributed by atoms with Crippen molar-refractivity contribution in [3.63, 3.8) is 0 Å². The molecule has 2 heterocycles. The first-order valence-electron chi connectivity index (χ1n) is 5.89. The zero-order valence-corrected chi connectivity index (χ0v) is 10.7. The molecule has 4 rings (SSSR count). The summed E-state index contributed by atoms with van der Waals surface area (Å²) in [6.07, 6.45) is 1.75. The number of nitrogens with one attached hydrogen (secondary N) is 2. The van der Waals surface area contributed by atoms with E-state index in [2.05, 4.69) is 10.3 Å². The summed E-state index contributed by atoms with van der Waals surface area (Å²) in [5, 5.41) is 3.91. The van der Waals surface area contributed by atoms with Crippen LogP contribution in [0.5, 0.6) is 0 Å². The van der Waals surface area contributed by atoms with Crippen LogP contribution in [0.25, 0.3) is 10.9 Å². The molecule has 0 spiro atoms. The minimum Gasteiger partial charge on any atom is -0.361 e. The Morgan fingerprint density at radius 2 is 1.74 bits per heavy atom. The highest BCUT2D eigenvalue weighted by Crippen LogP contribution is 2.42. The van der Waals surface area contributed by atoms with Crippen molar-refractivity contribution >= 4 is 32.1 Å². The number of H-pyrrole nitrogens is 1. The Labute approximate surface area is 110 Å². The average Bonchev–Trinajstić information content (AvgIpc) is 2.86. The molecule has 0 saturated heterocycles. The number of para-hydroxylation sites is 1. The molecule has 0 atom stereocenters.